The molecule has 0 spiro atoms. The van der Waals surface area contributed by atoms with E-state index in [2.05, 4.69) is 11.7 Å². The summed E-state index contributed by atoms with van der Waals surface area (Å²) in [6, 6.07) is -1.93. The molecule has 126 valence electrons. The normalized spacial score (nSPS) is 20.8. The molecule has 1 aliphatic heterocycles. The van der Waals surface area contributed by atoms with Gasteiger partial charge in [0.05, 0.1) is 0 Å². The molecule has 0 aromatic carbocycles. The average Bonchev–Trinajstić information content (AvgIpc) is 2.87. The Morgan fingerprint density at radius 1 is 1.57 bits per heavy atom. The molecule has 0 unspecified atom stereocenters. The van der Waals surface area contributed by atoms with Crippen LogP contribution in [0.5, 0.6) is 0 Å². The summed E-state index contributed by atoms with van der Waals surface area (Å²) in [4.78, 5) is 24.0. The van der Waals surface area contributed by atoms with Crippen molar-refractivity contribution in [3.63, 3.8) is 0 Å². The predicted molar refractivity (Wildman–Crippen MR) is 72.4 cm³/mol. The van der Waals surface area contributed by atoms with Crippen LogP contribution in [0.15, 0.2) is 18.7 Å². The molecule has 1 aromatic heterocycles. The summed E-state index contributed by atoms with van der Waals surface area (Å²) in [5, 5.41) is 12.4. The Balaban J connectivity index is 2.49. The van der Waals surface area contributed by atoms with Crippen molar-refractivity contribution < 1.29 is 32.6 Å². The van der Waals surface area contributed by atoms with Gasteiger partial charge in [-0.2, -0.15) is 18.3 Å². The number of hydrogen-bond acceptors (Lipinski definition) is 4. The van der Waals surface area contributed by atoms with Crippen LogP contribution in [-0.2, 0) is 4.74 Å². The van der Waals surface area contributed by atoms with Gasteiger partial charge < -0.3 is 9.84 Å². The van der Waals surface area contributed by atoms with E-state index in [-0.39, 0.29) is 12.4 Å². The van der Waals surface area contributed by atoms with Crippen molar-refractivity contribution in [1.29, 1.82) is 0 Å². The number of carboxylic acids is 1. The van der Waals surface area contributed by atoms with Gasteiger partial charge in [-0.15, -0.1) is 0 Å². The number of aromatic nitrogens is 2. The van der Waals surface area contributed by atoms with Crippen molar-refractivity contribution in [2.75, 3.05) is 11.5 Å². The van der Waals surface area contributed by atoms with Crippen LogP contribution in [0, 0.1) is 0 Å². The van der Waals surface area contributed by atoms with Crippen LogP contribution in [-0.4, -0.2) is 45.8 Å². The quantitative estimate of drug-likeness (QED) is 0.860. The van der Waals surface area contributed by atoms with Crippen molar-refractivity contribution >= 4 is 17.9 Å². The molecule has 10 heteroatoms. The molecular weight excluding hydrogens is 319 g/mol. The second kappa shape index (κ2) is 5.94. The Kier molecular flexibility index (Phi) is 4.35. The van der Waals surface area contributed by atoms with Crippen molar-refractivity contribution in [3.8, 4) is 0 Å². The maximum atomic E-state index is 13.2. The molecule has 1 amide bonds. The Labute approximate surface area is 128 Å². The third kappa shape index (κ3) is 3.15. The highest BCUT2D eigenvalue weighted by molar-refractivity contribution is 5.91. The summed E-state index contributed by atoms with van der Waals surface area (Å²) in [7, 11) is 0. The molecule has 0 saturated heterocycles. The first-order chi connectivity index (χ1) is 10.7. The Bertz CT molecular complexity index is 641. The van der Waals surface area contributed by atoms with E-state index in [0.717, 1.165) is 11.0 Å². The molecular formula is C13H14F3N3O4. The third-order valence-corrected chi connectivity index (χ3v) is 3.38. The highest BCUT2D eigenvalue weighted by atomic mass is 19.4. The lowest BCUT2D eigenvalue weighted by atomic mass is 10.0. The number of fused-ring (bicyclic) bond motifs is 1. The summed E-state index contributed by atoms with van der Waals surface area (Å²) < 4.78 is 44.9. The van der Waals surface area contributed by atoms with Crippen LogP contribution in [0.4, 0.5) is 23.8 Å². The molecule has 23 heavy (non-hydrogen) atoms. The van der Waals surface area contributed by atoms with Crippen LogP contribution < -0.4 is 4.90 Å². The number of halogens is 3. The number of aromatic carboxylic acids is 1. The minimum atomic E-state index is -4.62. The maximum absolute atomic E-state index is 13.2. The molecule has 0 radical (unpaired) electrons. The number of ether oxygens (including phenoxy) is 1. The number of carbonyl (C=O) groups excluding carboxylic acids is 1. The standard InChI is InChI=1S/C13H14F3N3O4/c1-3-4-23-12(22)18-7(2)5-9(13(14,15)16)19-10(18)6-8(17-19)11(20)21/h3,6-7,9H,1,4-5H2,2H3,(H,20,21)/t7-,9-/m1/s1. The summed E-state index contributed by atoms with van der Waals surface area (Å²) in [5.41, 5.74) is -0.579. The van der Waals surface area contributed by atoms with E-state index in [0.29, 0.717) is 4.68 Å². The Morgan fingerprint density at radius 2 is 2.22 bits per heavy atom. The number of rotatable bonds is 3. The first-order valence-corrected chi connectivity index (χ1v) is 6.63. The van der Waals surface area contributed by atoms with Crippen LogP contribution in [0.3, 0.4) is 0 Å². The first-order valence-electron chi connectivity index (χ1n) is 6.63. The largest absolute Gasteiger partial charge is 0.476 e. The van der Waals surface area contributed by atoms with E-state index in [1.165, 1.54) is 13.0 Å². The van der Waals surface area contributed by atoms with E-state index in [1.807, 2.05) is 0 Å². The minimum absolute atomic E-state index is 0.120. The summed E-state index contributed by atoms with van der Waals surface area (Å²) in [6.45, 7) is 4.67. The zero-order chi connectivity index (χ0) is 17.4. The van der Waals surface area contributed by atoms with E-state index in [4.69, 9.17) is 9.84 Å². The molecule has 2 rings (SSSR count). The highest BCUT2D eigenvalue weighted by Crippen LogP contribution is 2.42. The molecule has 1 aliphatic rings. The van der Waals surface area contributed by atoms with Gasteiger partial charge in [0.1, 0.15) is 12.4 Å². The van der Waals surface area contributed by atoms with E-state index in [1.54, 1.807) is 0 Å². The smallest absolute Gasteiger partial charge is 0.416 e. The van der Waals surface area contributed by atoms with Gasteiger partial charge in [-0.1, -0.05) is 12.7 Å². The zero-order valence-electron chi connectivity index (χ0n) is 12.1. The van der Waals surface area contributed by atoms with Gasteiger partial charge in [-0.25, -0.2) is 14.3 Å². The lowest BCUT2D eigenvalue weighted by Gasteiger charge is -2.37. The summed E-state index contributed by atoms with van der Waals surface area (Å²) in [5.74, 6) is -1.75. The number of alkyl halides is 3. The SMILES string of the molecule is C=CCOC(=O)N1c2cc(C(=O)O)nn2[C@@H](C(F)(F)F)C[C@H]1C. The van der Waals surface area contributed by atoms with Gasteiger partial charge >= 0.3 is 18.2 Å². The molecule has 7 nitrogen and oxygen atoms in total. The van der Waals surface area contributed by atoms with Crippen LogP contribution in [0.1, 0.15) is 29.9 Å². The van der Waals surface area contributed by atoms with Crippen molar-refractivity contribution in [2.24, 2.45) is 0 Å². The summed E-state index contributed by atoms with van der Waals surface area (Å²) >= 11 is 0. The minimum Gasteiger partial charge on any atom is -0.476 e. The second-order valence-corrected chi connectivity index (χ2v) is 5.02. The highest BCUT2D eigenvalue weighted by Gasteiger charge is 2.49. The first kappa shape index (κ1) is 16.8. The molecule has 0 fully saturated rings. The zero-order valence-corrected chi connectivity index (χ0v) is 12.1. The van der Waals surface area contributed by atoms with Gasteiger partial charge in [-0.3, -0.25) is 4.90 Å². The van der Waals surface area contributed by atoms with Crippen LogP contribution in [0.25, 0.3) is 0 Å². The topological polar surface area (TPSA) is 84.7 Å². The fourth-order valence-electron chi connectivity index (χ4n) is 2.40. The maximum Gasteiger partial charge on any atom is 0.416 e. The number of anilines is 1. The summed E-state index contributed by atoms with van der Waals surface area (Å²) in [6.07, 6.45) is -4.66. The van der Waals surface area contributed by atoms with Gasteiger partial charge in [0.2, 0.25) is 0 Å². The van der Waals surface area contributed by atoms with Crippen LogP contribution >= 0.6 is 0 Å². The molecule has 0 bridgehead atoms. The Hall–Kier alpha value is -2.52. The Morgan fingerprint density at radius 3 is 2.74 bits per heavy atom. The predicted octanol–water partition coefficient (Wildman–Crippen LogP) is 2.61. The second-order valence-electron chi connectivity index (χ2n) is 5.02. The van der Waals surface area contributed by atoms with Crippen molar-refractivity contribution in [1.82, 2.24) is 9.78 Å². The van der Waals surface area contributed by atoms with Gasteiger partial charge in [0.25, 0.3) is 0 Å². The van der Waals surface area contributed by atoms with Crippen molar-refractivity contribution in [3.05, 3.63) is 24.4 Å². The van der Waals surface area contributed by atoms with E-state index >= 15 is 0 Å². The number of amides is 1. The molecule has 0 aliphatic carbocycles. The van der Waals surface area contributed by atoms with Gasteiger partial charge in [0.15, 0.2) is 11.7 Å². The lowest BCUT2D eigenvalue weighted by molar-refractivity contribution is -0.174. The fourth-order valence-corrected chi connectivity index (χ4v) is 2.40. The number of carboxylic acid groups (broad SMARTS) is 1. The molecule has 1 N–H and O–H groups in total. The van der Waals surface area contributed by atoms with Crippen molar-refractivity contribution in [2.45, 2.75) is 31.6 Å². The third-order valence-electron chi connectivity index (χ3n) is 3.38. The molecule has 0 saturated carbocycles. The fraction of sp³-hybridized carbons (Fsp3) is 0.462. The lowest BCUT2D eigenvalue weighted by Crippen LogP contribution is -2.48. The van der Waals surface area contributed by atoms with Gasteiger partial charge in [0, 0.05) is 12.1 Å². The molecule has 1 aromatic rings. The van der Waals surface area contributed by atoms with E-state index in [9.17, 15) is 22.8 Å². The number of carbonyl (C=O) groups is 2. The van der Waals surface area contributed by atoms with Gasteiger partial charge in [-0.05, 0) is 13.3 Å². The molecule has 2 atom stereocenters. The van der Waals surface area contributed by atoms with E-state index < -0.39 is 42.4 Å². The van der Waals surface area contributed by atoms with Crippen LogP contribution in [0.2, 0.25) is 0 Å². The average molecular weight is 333 g/mol. The molecule has 2 heterocycles. The number of nitrogens with zero attached hydrogens (tertiary/aromatic N) is 3. The monoisotopic (exact) mass is 333 g/mol. The number of hydrogen-bond donors (Lipinski definition) is 1.